The quantitative estimate of drug-likeness (QED) is 0.378. The maximum atomic E-state index is 13.1. The highest BCUT2D eigenvalue weighted by Crippen LogP contribution is 2.29. The Hall–Kier alpha value is -1.89. The lowest BCUT2D eigenvalue weighted by Crippen LogP contribution is -2.42. The summed E-state index contributed by atoms with van der Waals surface area (Å²) in [6, 6.07) is 11.0. The van der Waals surface area contributed by atoms with Gasteiger partial charge in [-0.1, -0.05) is 31.9 Å². The van der Waals surface area contributed by atoms with E-state index in [1.54, 1.807) is 0 Å². The standard InChI is InChI=1S/C29H42N4O2.2ClH/c1-4-5-11-27-26(21-12-18-25(19-13-21)35-24-9-7-6-8-10-24)20-28(32-31-27)29(34)30-22-14-16-23(17-15-22)33(2)3;;/h12-13,18-20,22-24H,4-11,14-17H2,1-3H3,(H,30,34);2*1H. The van der Waals surface area contributed by atoms with Gasteiger partial charge in [0.15, 0.2) is 5.69 Å². The molecule has 0 spiro atoms. The molecule has 0 aliphatic heterocycles. The topological polar surface area (TPSA) is 67.4 Å². The van der Waals surface area contributed by atoms with Gasteiger partial charge in [-0.3, -0.25) is 4.79 Å². The third-order valence-electron chi connectivity index (χ3n) is 7.65. The number of nitrogens with zero attached hydrogens (tertiary/aromatic N) is 3. The van der Waals surface area contributed by atoms with E-state index in [0.29, 0.717) is 17.8 Å². The van der Waals surface area contributed by atoms with Gasteiger partial charge in [-0.15, -0.1) is 29.9 Å². The van der Waals surface area contributed by atoms with Gasteiger partial charge in [0.1, 0.15) is 5.75 Å². The Labute approximate surface area is 235 Å². The minimum atomic E-state index is -0.119. The van der Waals surface area contributed by atoms with Crippen LogP contribution in [0.1, 0.15) is 93.7 Å². The van der Waals surface area contributed by atoms with Crippen molar-refractivity contribution in [3.05, 3.63) is 41.7 Å². The molecule has 1 heterocycles. The largest absolute Gasteiger partial charge is 0.490 e. The summed E-state index contributed by atoms with van der Waals surface area (Å²) in [7, 11) is 4.27. The molecule has 0 atom stereocenters. The number of unbranched alkanes of at least 4 members (excludes halogenated alkanes) is 1. The average Bonchev–Trinajstić information content (AvgIpc) is 2.89. The lowest BCUT2D eigenvalue weighted by Gasteiger charge is -2.32. The minimum Gasteiger partial charge on any atom is -0.490 e. The number of halogens is 2. The molecule has 1 N–H and O–H groups in total. The molecule has 2 aromatic rings. The zero-order valence-electron chi connectivity index (χ0n) is 22.6. The van der Waals surface area contributed by atoms with Crippen molar-refractivity contribution in [2.45, 2.75) is 102 Å². The molecule has 4 rings (SSSR count). The predicted molar refractivity (Wildman–Crippen MR) is 155 cm³/mol. The summed E-state index contributed by atoms with van der Waals surface area (Å²) in [5, 5.41) is 12.0. The molecule has 2 saturated carbocycles. The molecule has 2 aliphatic rings. The van der Waals surface area contributed by atoms with Crippen molar-refractivity contribution in [3.8, 4) is 16.9 Å². The molecular formula is C29H44Cl2N4O2. The fraction of sp³-hybridized carbons (Fsp3) is 0.621. The molecule has 0 bridgehead atoms. The Balaban J connectivity index is 0.00000241. The van der Waals surface area contributed by atoms with Gasteiger partial charge in [-0.05, 0) is 102 Å². The van der Waals surface area contributed by atoms with Crippen LogP contribution in [0, 0.1) is 0 Å². The summed E-state index contributed by atoms with van der Waals surface area (Å²) in [6.07, 6.45) is 13.7. The van der Waals surface area contributed by atoms with Crippen LogP contribution in [0.5, 0.6) is 5.75 Å². The number of hydrogen-bond donors (Lipinski definition) is 1. The number of ether oxygens (including phenoxy) is 1. The fourth-order valence-electron chi connectivity index (χ4n) is 5.39. The number of nitrogens with one attached hydrogen (secondary N) is 1. The van der Waals surface area contributed by atoms with Crippen LogP contribution >= 0.6 is 24.8 Å². The molecule has 6 nitrogen and oxygen atoms in total. The Morgan fingerprint density at radius 2 is 1.65 bits per heavy atom. The van der Waals surface area contributed by atoms with E-state index in [-0.39, 0.29) is 36.8 Å². The van der Waals surface area contributed by atoms with Crippen LogP contribution in [0.3, 0.4) is 0 Å². The number of rotatable bonds is 9. The van der Waals surface area contributed by atoms with Gasteiger partial charge in [0, 0.05) is 17.6 Å². The summed E-state index contributed by atoms with van der Waals surface area (Å²) >= 11 is 0. The molecule has 1 aromatic carbocycles. The highest BCUT2D eigenvalue weighted by Gasteiger charge is 2.25. The number of carbonyl (C=O) groups excluding carboxylic acids is 1. The van der Waals surface area contributed by atoms with Crippen molar-refractivity contribution in [1.82, 2.24) is 20.4 Å². The van der Waals surface area contributed by atoms with Gasteiger partial charge in [0.25, 0.3) is 5.91 Å². The SMILES string of the molecule is CCCCc1nnc(C(=O)NC2CCC(N(C)C)CC2)cc1-c1ccc(OC2CCCCC2)cc1.Cl.Cl. The van der Waals surface area contributed by atoms with E-state index in [9.17, 15) is 4.79 Å². The van der Waals surface area contributed by atoms with E-state index in [4.69, 9.17) is 4.74 Å². The van der Waals surface area contributed by atoms with Crippen LogP contribution in [0.15, 0.2) is 30.3 Å². The van der Waals surface area contributed by atoms with Gasteiger partial charge in [-0.25, -0.2) is 0 Å². The third-order valence-corrected chi connectivity index (χ3v) is 7.65. The van der Waals surface area contributed by atoms with E-state index in [1.165, 1.54) is 19.3 Å². The number of hydrogen-bond acceptors (Lipinski definition) is 5. The minimum absolute atomic E-state index is 0. The molecule has 1 amide bonds. The lowest BCUT2D eigenvalue weighted by molar-refractivity contribution is 0.0910. The van der Waals surface area contributed by atoms with Crippen LogP contribution < -0.4 is 10.1 Å². The van der Waals surface area contributed by atoms with Crippen molar-refractivity contribution >= 4 is 30.7 Å². The smallest absolute Gasteiger partial charge is 0.272 e. The number of carbonyl (C=O) groups is 1. The Morgan fingerprint density at radius 1 is 0.973 bits per heavy atom. The first-order valence-electron chi connectivity index (χ1n) is 13.6. The number of benzene rings is 1. The highest BCUT2D eigenvalue weighted by atomic mass is 35.5. The van der Waals surface area contributed by atoms with Crippen molar-refractivity contribution < 1.29 is 9.53 Å². The molecule has 2 fully saturated rings. The van der Waals surface area contributed by atoms with Crippen molar-refractivity contribution in [1.29, 1.82) is 0 Å². The molecule has 8 heteroatoms. The first kappa shape index (κ1) is 31.3. The van der Waals surface area contributed by atoms with Gasteiger partial charge in [0.2, 0.25) is 0 Å². The van der Waals surface area contributed by atoms with Crippen molar-refractivity contribution in [2.75, 3.05) is 14.1 Å². The molecular weight excluding hydrogens is 507 g/mol. The van der Waals surface area contributed by atoms with Crippen LogP contribution in [0.4, 0.5) is 0 Å². The Bertz CT molecular complexity index is 957. The maximum absolute atomic E-state index is 13.1. The zero-order chi connectivity index (χ0) is 24.6. The number of aromatic nitrogens is 2. The van der Waals surface area contributed by atoms with E-state index in [0.717, 1.165) is 80.4 Å². The summed E-state index contributed by atoms with van der Waals surface area (Å²) in [6.45, 7) is 2.18. The Morgan fingerprint density at radius 3 is 2.27 bits per heavy atom. The zero-order valence-corrected chi connectivity index (χ0v) is 24.2. The van der Waals surface area contributed by atoms with Gasteiger partial charge in [0.05, 0.1) is 11.8 Å². The highest BCUT2D eigenvalue weighted by molar-refractivity contribution is 5.93. The first-order valence-corrected chi connectivity index (χ1v) is 13.6. The van der Waals surface area contributed by atoms with Gasteiger partial charge >= 0.3 is 0 Å². The molecule has 1 aromatic heterocycles. The van der Waals surface area contributed by atoms with E-state index in [2.05, 4.69) is 65.7 Å². The summed E-state index contributed by atoms with van der Waals surface area (Å²) in [5.41, 5.74) is 3.41. The van der Waals surface area contributed by atoms with Gasteiger partial charge in [-0.2, -0.15) is 5.10 Å². The van der Waals surface area contributed by atoms with Gasteiger partial charge < -0.3 is 15.0 Å². The third kappa shape index (κ3) is 8.83. The Kier molecular flexibility index (Phi) is 13.1. The normalized spacial score (nSPS) is 20.0. The molecule has 2 aliphatic carbocycles. The van der Waals surface area contributed by atoms with Crippen molar-refractivity contribution in [3.63, 3.8) is 0 Å². The summed E-state index contributed by atoms with van der Waals surface area (Å²) in [5.74, 6) is 0.801. The fourth-order valence-corrected chi connectivity index (χ4v) is 5.39. The molecule has 37 heavy (non-hydrogen) atoms. The number of aryl methyl sites for hydroxylation is 1. The van der Waals surface area contributed by atoms with Crippen LogP contribution in [0.25, 0.3) is 11.1 Å². The molecule has 206 valence electrons. The molecule has 0 saturated heterocycles. The van der Waals surface area contributed by atoms with Crippen LogP contribution in [-0.4, -0.2) is 53.3 Å². The van der Waals surface area contributed by atoms with Crippen LogP contribution in [-0.2, 0) is 6.42 Å². The summed E-state index contributed by atoms with van der Waals surface area (Å²) in [4.78, 5) is 15.4. The van der Waals surface area contributed by atoms with Crippen molar-refractivity contribution in [2.24, 2.45) is 0 Å². The first-order chi connectivity index (χ1) is 17.0. The second-order valence-electron chi connectivity index (χ2n) is 10.5. The lowest BCUT2D eigenvalue weighted by atomic mass is 9.90. The monoisotopic (exact) mass is 550 g/mol. The molecule has 0 unspecified atom stereocenters. The molecule has 0 radical (unpaired) electrons. The van der Waals surface area contributed by atoms with E-state index < -0.39 is 0 Å². The van der Waals surface area contributed by atoms with E-state index in [1.807, 2.05) is 6.07 Å². The van der Waals surface area contributed by atoms with Crippen LogP contribution in [0.2, 0.25) is 0 Å². The maximum Gasteiger partial charge on any atom is 0.272 e. The second-order valence-corrected chi connectivity index (χ2v) is 10.5. The van der Waals surface area contributed by atoms with E-state index >= 15 is 0 Å². The summed E-state index contributed by atoms with van der Waals surface area (Å²) < 4.78 is 6.21. The average molecular weight is 552 g/mol. The predicted octanol–water partition coefficient (Wildman–Crippen LogP) is 6.64. The second kappa shape index (κ2) is 15.5. The number of amides is 1.